The number of hydrogen-bond donors (Lipinski definition) is 1. The lowest BCUT2D eigenvalue weighted by Gasteiger charge is -2.31. The van der Waals surface area contributed by atoms with Gasteiger partial charge < -0.3 is 5.11 Å². The number of hydrogen-bond acceptors (Lipinski definition) is 2. The second-order valence-electron chi connectivity index (χ2n) is 5.60. The van der Waals surface area contributed by atoms with Crippen LogP contribution in [0.1, 0.15) is 43.7 Å². The zero-order valence-corrected chi connectivity index (χ0v) is 12.4. The van der Waals surface area contributed by atoms with Gasteiger partial charge in [-0.1, -0.05) is 37.3 Å². The molecule has 1 aromatic carbocycles. The first-order valence-electron chi connectivity index (χ1n) is 7.73. The maximum absolute atomic E-state index is 8.70. The Labute approximate surface area is 122 Å². The first-order valence-corrected chi connectivity index (χ1v) is 7.73. The van der Waals surface area contributed by atoms with Gasteiger partial charge in [0.1, 0.15) is 0 Å². The van der Waals surface area contributed by atoms with Gasteiger partial charge in [0.25, 0.3) is 0 Å². The molecule has 2 heteroatoms. The fraction of sp³-hybridized carbons (Fsp3) is 0.556. The molecular formula is C18H25NO. The van der Waals surface area contributed by atoms with Gasteiger partial charge in [0.15, 0.2) is 0 Å². The second-order valence-corrected chi connectivity index (χ2v) is 5.60. The highest BCUT2D eigenvalue weighted by Gasteiger charge is 2.19. The van der Waals surface area contributed by atoms with E-state index in [2.05, 4.69) is 47.9 Å². The molecule has 1 saturated carbocycles. The van der Waals surface area contributed by atoms with Crippen molar-refractivity contribution in [2.75, 3.05) is 19.7 Å². The molecule has 1 aliphatic rings. The summed E-state index contributed by atoms with van der Waals surface area (Å²) < 4.78 is 0. The van der Waals surface area contributed by atoms with E-state index in [1.165, 1.54) is 31.4 Å². The molecule has 0 aliphatic heterocycles. The lowest BCUT2D eigenvalue weighted by Crippen LogP contribution is -2.32. The van der Waals surface area contributed by atoms with E-state index in [4.69, 9.17) is 5.11 Å². The SMILES string of the molecule is CCN(Cc1ccc(C#CCCO)cc1)CC1CCC1. The average Bonchev–Trinajstić information content (AvgIpc) is 2.43. The minimum absolute atomic E-state index is 0.137. The maximum atomic E-state index is 8.70. The molecule has 0 spiro atoms. The summed E-state index contributed by atoms with van der Waals surface area (Å²) in [6.45, 7) is 5.78. The summed E-state index contributed by atoms with van der Waals surface area (Å²) in [5, 5.41) is 8.70. The van der Waals surface area contributed by atoms with Crippen LogP contribution in [0, 0.1) is 17.8 Å². The van der Waals surface area contributed by atoms with Gasteiger partial charge in [-0.05, 0) is 43.0 Å². The molecule has 1 N–H and O–H groups in total. The smallest absolute Gasteiger partial charge is 0.0540 e. The molecule has 2 rings (SSSR count). The van der Waals surface area contributed by atoms with Crippen LogP contribution in [-0.2, 0) is 6.54 Å². The largest absolute Gasteiger partial charge is 0.395 e. The quantitative estimate of drug-likeness (QED) is 0.804. The van der Waals surface area contributed by atoms with Crippen LogP contribution in [0.4, 0.5) is 0 Å². The van der Waals surface area contributed by atoms with Crippen molar-refractivity contribution in [1.29, 1.82) is 0 Å². The lowest BCUT2D eigenvalue weighted by atomic mass is 9.85. The molecule has 108 valence electrons. The van der Waals surface area contributed by atoms with Gasteiger partial charge in [0.2, 0.25) is 0 Å². The molecule has 1 fully saturated rings. The molecule has 0 bridgehead atoms. The molecule has 0 heterocycles. The van der Waals surface area contributed by atoms with Crippen molar-refractivity contribution in [1.82, 2.24) is 4.90 Å². The van der Waals surface area contributed by atoms with Crippen LogP contribution in [0.25, 0.3) is 0 Å². The number of nitrogens with zero attached hydrogens (tertiary/aromatic N) is 1. The zero-order valence-electron chi connectivity index (χ0n) is 12.4. The summed E-state index contributed by atoms with van der Waals surface area (Å²) in [6, 6.07) is 8.51. The topological polar surface area (TPSA) is 23.5 Å². The Balaban J connectivity index is 1.86. The fourth-order valence-corrected chi connectivity index (χ4v) is 2.52. The van der Waals surface area contributed by atoms with Crippen molar-refractivity contribution in [2.24, 2.45) is 5.92 Å². The second kappa shape index (κ2) is 8.09. The normalized spacial score (nSPS) is 14.8. The third-order valence-corrected chi connectivity index (χ3v) is 4.02. The molecule has 1 aromatic rings. The average molecular weight is 271 g/mol. The van der Waals surface area contributed by atoms with Gasteiger partial charge in [0, 0.05) is 25.1 Å². The van der Waals surface area contributed by atoms with E-state index in [0.717, 1.165) is 24.6 Å². The minimum atomic E-state index is 0.137. The van der Waals surface area contributed by atoms with Gasteiger partial charge >= 0.3 is 0 Å². The van der Waals surface area contributed by atoms with E-state index in [-0.39, 0.29) is 6.61 Å². The van der Waals surface area contributed by atoms with Crippen LogP contribution in [0.2, 0.25) is 0 Å². The maximum Gasteiger partial charge on any atom is 0.0540 e. The summed E-state index contributed by atoms with van der Waals surface area (Å²) in [5.41, 5.74) is 2.39. The van der Waals surface area contributed by atoms with Gasteiger partial charge in [-0.15, -0.1) is 0 Å². The first kappa shape index (κ1) is 15.1. The highest BCUT2D eigenvalue weighted by atomic mass is 16.2. The lowest BCUT2D eigenvalue weighted by molar-refractivity contribution is 0.178. The number of rotatable bonds is 6. The summed E-state index contributed by atoms with van der Waals surface area (Å²) in [5.74, 6) is 6.95. The van der Waals surface area contributed by atoms with Crippen LogP contribution < -0.4 is 0 Å². The summed E-state index contributed by atoms with van der Waals surface area (Å²) >= 11 is 0. The van der Waals surface area contributed by atoms with Crippen molar-refractivity contribution in [3.8, 4) is 11.8 Å². The van der Waals surface area contributed by atoms with E-state index >= 15 is 0 Å². The standard InChI is InChI=1S/C18H25NO/c1-2-19(14-17-7-5-8-17)15-18-11-9-16(10-12-18)6-3-4-13-20/h9-12,17,20H,2,4-5,7-8,13-15H2,1H3. The molecule has 0 saturated heterocycles. The molecular weight excluding hydrogens is 246 g/mol. The molecule has 0 radical (unpaired) electrons. The van der Waals surface area contributed by atoms with Gasteiger partial charge in [-0.25, -0.2) is 0 Å². The Morgan fingerprint density at radius 1 is 1.25 bits per heavy atom. The zero-order chi connectivity index (χ0) is 14.2. The molecule has 0 atom stereocenters. The van der Waals surface area contributed by atoms with Crippen LogP contribution in [0.3, 0.4) is 0 Å². The van der Waals surface area contributed by atoms with Crippen molar-refractivity contribution in [2.45, 2.75) is 39.2 Å². The number of aliphatic hydroxyl groups excluding tert-OH is 1. The van der Waals surface area contributed by atoms with Crippen molar-refractivity contribution >= 4 is 0 Å². The fourth-order valence-electron chi connectivity index (χ4n) is 2.52. The van der Waals surface area contributed by atoms with E-state index < -0.39 is 0 Å². The molecule has 0 unspecified atom stereocenters. The van der Waals surface area contributed by atoms with Crippen LogP contribution >= 0.6 is 0 Å². The molecule has 2 nitrogen and oxygen atoms in total. The first-order chi connectivity index (χ1) is 9.81. The van der Waals surface area contributed by atoms with E-state index in [1.807, 2.05) is 0 Å². The number of aliphatic hydroxyl groups is 1. The van der Waals surface area contributed by atoms with Crippen LogP contribution in [-0.4, -0.2) is 29.7 Å². The Bertz CT molecular complexity index is 451. The Morgan fingerprint density at radius 2 is 2.00 bits per heavy atom. The Morgan fingerprint density at radius 3 is 2.55 bits per heavy atom. The van der Waals surface area contributed by atoms with Crippen molar-refractivity contribution < 1.29 is 5.11 Å². The highest BCUT2D eigenvalue weighted by Crippen LogP contribution is 2.27. The third kappa shape index (κ3) is 4.67. The van der Waals surface area contributed by atoms with Crippen molar-refractivity contribution in [3.05, 3.63) is 35.4 Å². The molecule has 0 amide bonds. The van der Waals surface area contributed by atoms with Crippen LogP contribution in [0.5, 0.6) is 0 Å². The van der Waals surface area contributed by atoms with Gasteiger partial charge in [-0.2, -0.15) is 0 Å². The predicted octanol–water partition coefficient (Wildman–Crippen LogP) is 3.04. The predicted molar refractivity (Wildman–Crippen MR) is 83.3 cm³/mol. The van der Waals surface area contributed by atoms with Crippen molar-refractivity contribution in [3.63, 3.8) is 0 Å². The summed E-state index contributed by atoms with van der Waals surface area (Å²) in [4.78, 5) is 2.54. The summed E-state index contributed by atoms with van der Waals surface area (Å²) in [7, 11) is 0. The van der Waals surface area contributed by atoms with E-state index in [1.54, 1.807) is 0 Å². The van der Waals surface area contributed by atoms with Gasteiger partial charge in [-0.3, -0.25) is 4.90 Å². The summed E-state index contributed by atoms with van der Waals surface area (Å²) in [6.07, 6.45) is 4.79. The Hall–Kier alpha value is -1.30. The molecule has 20 heavy (non-hydrogen) atoms. The number of benzene rings is 1. The molecule has 1 aliphatic carbocycles. The molecule has 0 aromatic heterocycles. The minimum Gasteiger partial charge on any atom is -0.395 e. The monoisotopic (exact) mass is 271 g/mol. The van der Waals surface area contributed by atoms with E-state index in [9.17, 15) is 0 Å². The van der Waals surface area contributed by atoms with Crippen LogP contribution in [0.15, 0.2) is 24.3 Å². The highest BCUT2D eigenvalue weighted by molar-refractivity contribution is 5.36. The van der Waals surface area contributed by atoms with E-state index in [0.29, 0.717) is 6.42 Å². The Kier molecular flexibility index (Phi) is 6.11. The van der Waals surface area contributed by atoms with Gasteiger partial charge in [0.05, 0.1) is 6.61 Å². The third-order valence-electron chi connectivity index (χ3n) is 4.02.